The lowest BCUT2D eigenvalue weighted by Gasteiger charge is -2.00. The Labute approximate surface area is 127 Å². The number of aromatic nitrogens is 2. The minimum Gasteiger partial charge on any atom is -0.451 e. The average Bonchev–Trinajstić information content (AvgIpc) is 3.05. The van der Waals surface area contributed by atoms with Crippen LogP contribution in [0.1, 0.15) is 21.9 Å². The standard InChI is InChI=1S/C16H13ClN2O2/c1-10-8-11(2)19(18-10)16(20)15-7-6-14(21-15)12-4-3-5-13(17)9-12/h3-9H,1-2H3. The van der Waals surface area contributed by atoms with Crippen molar-refractivity contribution in [2.24, 2.45) is 0 Å². The highest BCUT2D eigenvalue weighted by atomic mass is 35.5. The fourth-order valence-electron chi connectivity index (χ4n) is 2.19. The van der Waals surface area contributed by atoms with Crippen LogP contribution >= 0.6 is 11.6 Å². The van der Waals surface area contributed by atoms with E-state index in [9.17, 15) is 4.79 Å². The number of hydrogen-bond donors (Lipinski definition) is 0. The van der Waals surface area contributed by atoms with Crippen molar-refractivity contribution in [1.82, 2.24) is 9.78 Å². The van der Waals surface area contributed by atoms with Crippen LogP contribution in [0, 0.1) is 13.8 Å². The van der Waals surface area contributed by atoms with Crippen molar-refractivity contribution in [2.45, 2.75) is 13.8 Å². The molecule has 0 aliphatic heterocycles. The van der Waals surface area contributed by atoms with E-state index in [0.717, 1.165) is 17.0 Å². The largest absolute Gasteiger partial charge is 0.451 e. The molecule has 2 heterocycles. The molecule has 106 valence electrons. The summed E-state index contributed by atoms with van der Waals surface area (Å²) in [5.41, 5.74) is 2.40. The van der Waals surface area contributed by atoms with Crippen LogP contribution in [-0.2, 0) is 0 Å². The molecule has 0 bridgehead atoms. The molecule has 0 saturated heterocycles. The van der Waals surface area contributed by atoms with Crippen molar-refractivity contribution in [3.8, 4) is 11.3 Å². The van der Waals surface area contributed by atoms with Crippen LogP contribution in [0.2, 0.25) is 5.02 Å². The zero-order valence-electron chi connectivity index (χ0n) is 11.6. The van der Waals surface area contributed by atoms with E-state index in [0.29, 0.717) is 10.8 Å². The predicted octanol–water partition coefficient (Wildman–Crippen LogP) is 4.10. The number of furan rings is 1. The summed E-state index contributed by atoms with van der Waals surface area (Å²) in [6.45, 7) is 3.68. The zero-order valence-corrected chi connectivity index (χ0v) is 12.4. The number of halogens is 1. The lowest BCUT2D eigenvalue weighted by atomic mass is 10.2. The number of hydrogen-bond acceptors (Lipinski definition) is 3. The van der Waals surface area contributed by atoms with E-state index >= 15 is 0 Å². The Kier molecular flexibility index (Phi) is 3.39. The first-order valence-electron chi connectivity index (χ1n) is 6.48. The summed E-state index contributed by atoms with van der Waals surface area (Å²) in [5.74, 6) is 0.562. The van der Waals surface area contributed by atoms with Crippen LogP contribution in [-0.4, -0.2) is 15.7 Å². The third-order valence-corrected chi connectivity index (χ3v) is 3.36. The molecule has 0 spiro atoms. The van der Waals surface area contributed by atoms with Crippen molar-refractivity contribution in [1.29, 1.82) is 0 Å². The quantitative estimate of drug-likeness (QED) is 0.716. The van der Waals surface area contributed by atoms with Crippen LogP contribution in [0.25, 0.3) is 11.3 Å². The minimum absolute atomic E-state index is 0.246. The van der Waals surface area contributed by atoms with Crippen molar-refractivity contribution < 1.29 is 9.21 Å². The number of rotatable bonds is 2. The van der Waals surface area contributed by atoms with Gasteiger partial charge in [-0.1, -0.05) is 23.7 Å². The van der Waals surface area contributed by atoms with Crippen molar-refractivity contribution in [3.63, 3.8) is 0 Å². The number of nitrogens with zero attached hydrogens (tertiary/aromatic N) is 2. The highest BCUT2D eigenvalue weighted by Crippen LogP contribution is 2.25. The van der Waals surface area contributed by atoms with E-state index < -0.39 is 0 Å². The molecule has 1 aromatic carbocycles. The number of carbonyl (C=O) groups is 1. The molecule has 0 unspecified atom stereocenters. The Hall–Kier alpha value is -2.33. The van der Waals surface area contributed by atoms with E-state index in [4.69, 9.17) is 16.0 Å². The minimum atomic E-state index is -0.283. The molecule has 21 heavy (non-hydrogen) atoms. The summed E-state index contributed by atoms with van der Waals surface area (Å²) in [5, 5.41) is 4.79. The summed E-state index contributed by atoms with van der Waals surface area (Å²) in [6, 6.07) is 12.5. The van der Waals surface area contributed by atoms with Crippen molar-refractivity contribution in [3.05, 3.63) is 64.6 Å². The fourth-order valence-corrected chi connectivity index (χ4v) is 2.38. The first-order chi connectivity index (χ1) is 10.0. The molecule has 2 aromatic heterocycles. The lowest BCUT2D eigenvalue weighted by Crippen LogP contribution is -2.14. The number of aryl methyl sites for hydroxylation is 2. The number of benzene rings is 1. The molecule has 0 N–H and O–H groups in total. The molecule has 3 rings (SSSR count). The average molecular weight is 301 g/mol. The van der Waals surface area contributed by atoms with Crippen LogP contribution in [0.4, 0.5) is 0 Å². The van der Waals surface area contributed by atoms with Crippen LogP contribution < -0.4 is 0 Å². The molecule has 0 amide bonds. The van der Waals surface area contributed by atoms with E-state index in [1.165, 1.54) is 4.68 Å². The molecule has 0 radical (unpaired) electrons. The van der Waals surface area contributed by atoms with Gasteiger partial charge >= 0.3 is 5.91 Å². The summed E-state index contributed by atoms with van der Waals surface area (Å²) < 4.78 is 6.98. The van der Waals surface area contributed by atoms with Gasteiger partial charge in [-0.25, -0.2) is 0 Å². The van der Waals surface area contributed by atoms with Gasteiger partial charge in [-0.15, -0.1) is 0 Å². The maximum atomic E-state index is 12.4. The van der Waals surface area contributed by atoms with Crippen molar-refractivity contribution in [2.75, 3.05) is 0 Å². The monoisotopic (exact) mass is 300 g/mol. The van der Waals surface area contributed by atoms with E-state index in [2.05, 4.69) is 5.10 Å². The molecular formula is C16H13ClN2O2. The van der Waals surface area contributed by atoms with Gasteiger partial charge in [-0.2, -0.15) is 9.78 Å². The second-order valence-electron chi connectivity index (χ2n) is 4.82. The predicted molar refractivity (Wildman–Crippen MR) is 80.6 cm³/mol. The Morgan fingerprint density at radius 2 is 2.00 bits per heavy atom. The highest BCUT2D eigenvalue weighted by molar-refractivity contribution is 6.30. The van der Waals surface area contributed by atoms with Gasteiger partial charge < -0.3 is 4.42 Å². The molecule has 3 aromatic rings. The van der Waals surface area contributed by atoms with Crippen LogP contribution in [0.15, 0.2) is 46.9 Å². The Bertz CT molecular complexity index is 817. The number of carbonyl (C=O) groups excluding carboxylic acids is 1. The summed E-state index contributed by atoms with van der Waals surface area (Å²) in [6.07, 6.45) is 0. The third-order valence-electron chi connectivity index (χ3n) is 3.13. The van der Waals surface area contributed by atoms with Gasteiger partial charge in [0.1, 0.15) is 5.76 Å². The van der Waals surface area contributed by atoms with Gasteiger partial charge in [0.15, 0.2) is 5.76 Å². The molecule has 4 nitrogen and oxygen atoms in total. The molecule has 0 fully saturated rings. The second kappa shape index (κ2) is 5.22. The lowest BCUT2D eigenvalue weighted by molar-refractivity contribution is 0.0915. The summed E-state index contributed by atoms with van der Waals surface area (Å²) in [4.78, 5) is 12.4. The summed E-state index contributed by atoms with van der Waals surface area (Å²) >= 11 is 5.96. The van der Waals surface area contributed by atoms with Gasteiger partial charge in [0.2, 0.25) is 0 Å². The SMILES string of the molecule is Cc1cc(C)n(C(=O)c2ccc(-c3cccc(Cl)c3)o2)n1. The molecule has 0 atom stereocenters. The fraction of sp³-hybridized carbons (Fsp3) is 0.125. The Morgan fingerprint density at radius 3 is 2.67 bits per heavy atom. The molecular weight excluding hydrogens is 288 g/mol. The van der Waals surface area contributed by atoms with E-state index in [1.807, 2.05) is 32.0 Å². The zero-order chi connectivity index (χ0) is 15.0. The van der Waals surface area contributed by atoms with Gasteiger partial charge in [0.05, 0.1) is 5.69 Å². The van der Waals surface area contributed by atoms with Crippen LogP contribution in [0.3, 0.4) is 0 Å². The Balaban J connectivity index is 1.95. The molecule has 0 aliphatic carbocycles. The van der Waals surface area contributed by atoms with E-state index in [1.54, 1.807) is 24.3 Å². The van der Waals surface area contributed by atoms with Gasteiger partial charge in [0.25, 0.3) is 0 Å². The second-order valence-corrected chi connectivity index (χ2v) is 5.25. The molecule has 5 heteroatoms. The smallest absolute Gasteiger partial charge is 0.314 e. The summed E-state index contributed by atoms with van der Waals surface area (Å²) in [7, 11) is 0. The molecule has 0 saturated carbocycles. The molecule has 0 aliphatic rings. The normalized spacial score (nSPS) is 10.8. The maximum absolute atomic E-state index is 12.4. The van der Waals surface area contributed by atoms with Gasteiger partial charge in [-0.05, 0) is 44.2 Å². The van der Waals surface area contributed by atoms with Gasteiger partial charge in [0, 0.05) is 16.3 Å². The first kappa shape index (κ1) is 13.6. The maximum Gasteiger partial charge on any atom is 0.314 e. The topological polar surface area (TPSA) is 48.0 Å². The Morgan fingerprint density at radius 1 is 1.19 bits per heavy atom. The van der Waals surface area contributed by atoms with Gasteiger partial charge in [-0.3, -0.25) is 4.79 Å². The van der Waals surface area contributed by atoms with Crippen LogP contribution in [0.5, 0.6) is 0 Å². The van der Waals surface area contributed by atoms with Crippen molar-refractivity contribution >= 4 is 17.5 Å². The van der Waals surface area contributed by atoms with E-state index in [-0.39, 0.29) is 11.7 Å². The highest BCUT2D eigenvalue weighted by Gasteiger charge is 2.17. The first-order valence-corrected chi connectivity index (χ1v) is 6.86. The third kappa shape index (κ3) is 2.62.